The molecule has 0 fully saturated rings. The van der Waals surface area contributed by atoms with Gasteiger partial charge in [-0.05, 0) is 50.7 Å². The van der Waals surface area contributed by atoms with Gasteiger partial charge in [0.25, 0.3) is 0 Å². The molecule has 128 valence electrons. The predicted molar refractivity (Wildman–Crippen MR) is 96.7 cm³/mol. The van der Waals surface area contributed by atoms with Gasteiger partial charge in [0, 0.05) is 17.0 Å². The van der Waals surface area contributed by atoms with E-state index in [1.807, 2.05) is 35.2 Å². The average molecular weight is 325 g/mol. The van der Waals surface area contributed by atoms with Crippen molar-refractivity contribution in [3.05, 3.63) is 41.6 Å². The highest BCUT2D eigenvalue weighted by atomic mass is 16.2. The molecular weight excluding hydrogens is 298 g/mol. The molecule has 1 aromatic carbocycles. The fraction of sp³-hybridized carbons (Fsp3) is 0.524. The molecule has 3 nitrogen and oxygen atoms in total. The van der Waals surface area contributed by atoms with Gasteiger partial charge in [-0.25, -0.2) is 0 Å². The van der Waals surface area contributed by atoms with E-state index in [-0.39, 0.29) is 11.7 Å². The summed E-state index contributed by atoms with van der Waals surface area (Å²) in [5.41, 5.74) is 1.94. The first-order valence-electron chi connectivity index (χ1n) is 9.32. The van der Waals surface area contributed by atoms with E-state index in [2.05, 4.69) is 13.8 Å². The van der Waals surface area contributed by atoms with Crippen LogP contribution in [0.3, 0.4) is 0 Å². The third kappa shape index (κ3) is 2.60. The van der Waals surface area contributed by atoms with E-state index in [0.29, 0.717) is 12.8 Å². The van der Waals surface area contributed by atoms with Crippen LogP contribution < -0.4 is 4.90 Å². The number of benzene rings is 1. The summed E-state index contributed by atoms with van der Waals surface area (Å²) in [6.07, 6.45) is 6.76. The highest BCUT2D eigenvalue weighted by molar-refractivity contribution is 6.22. The van der Waals surface area contributed by atoms with Crippen LogP contribution in [-0.2, 0) is 9.59 Å². The Kier molecular flexibility index (Phi) is 4.88. The Bertz CT molecular complexity index is 654. The van der Waals surface area contributed by atoms with Crippen molar-refractivity contribution in [1.29, 1.82) is 0 Å². The number of allylic oxidation sites excluding steroid dienone is 2. The number of hydrogen-bond acceptors (Lipinski definition) is 2. The molecule has 0 radical (unpaired) electrons. The van der Waals surface area contributed by atoms with E-state index in [9.17, 15) is 9.59 Å². The fourth-order valence-electron chi connectivity index (χ4n) is 4.37. The van der Waals surface area contributed by atoms with E-state index in [4.69, 9.17) is 0 Å². The molecule has 0 aromatic heterocycles. The molecule has 3 rings (SSSR count). The molecule has 0 saturated carbocycles. The van der Waals surface area contributed by atoms with Crippen molar-refractivity contribution in [3.63, 3.8) is 0 Å². The van der Waals surface area contributed by atoms with Gasteiger partial charge in [-0.15, -0.1) is 0 Å². The van der Waals surface area contributed by atoms with Crippen molar-refractivity contribution in [3.8, 4) is 0 Å². The Hall–Kier alpha value is -1.90. The van der Waals surface area contributed by atoms with Crippen LogP contribution in [0.15, 0.2) is 41.6 Å². The Morgan fingerprint density at radius 1 is 0.958 bits per heavy atom. The quantitative estimate of drug-likeness (QED) is 0.713. The molecule has 0 saturated heterocycles. The summed E-state index contributed by atoms with van der Waals surface area (Å²) in [6.45, 7) is 4.13. The summed E-state index contributed by atoms with van der Waals surface area (Å²) in [6, 6.07) is 9.85. The number of nitrogens with zero attached hydrogens (tertiary/aromatic N) is 1. The minimum Gasteiger partial charge on any atom is -0.293 e. The lowest BCUT2D eigenvalue weighted by atomic mass is 9.67. The van der Waals surface area contributed by atoms with Crippen molar-refractivity contribution >= 4 is 17.4 Å². The molecule has 0 spiro atoms. The average Bonchev–Trinajstić information content (AvgIpc) is 2.61. The number of rotatable bonds is 5. The maximum atomic E-state index is 13.6. The normalized spacial score (nSPS) is 20.3. The molecule has 1 aromatic rings. The minimum atomic E-state index is -0.852. The molecule has 3 heteroatoms. The summed E-state index contributed by atoms with van der Waals surface area (Å²) in [7, 11) is 0. The number of para-hydroxylation sites is 1. The highest BCUT2D eigenvalue weighted by Gasteiger charge is 2.52. The lowest BCUT2D eigenvalue weighted by Crippen LogP contribution is -2.54. The molecule has 1 amide bonds. The van der Waals surface area contributed by atoms with Gasteiger partial charge >= 0.3 is 0 Å². The zero-order valence-corrected chi connectivity index (χ0v) is 14.8. The zero-order valence-electron chi connectivity index (χ0n) is 14.8. The highest BCUT2D eigenvalue weighted by Crippen LogP contribution is 2.46. The van der Waals surface area contributed by atoms with Crippen LogP contribution in [0.5, 0.6) is 0 Å². The number of hydrogen-bond donors (Lipinski definition) is 0. The van der Waals surface area contributed by atoms with Crippen LogP contribution in [0.2, 0.25) is 0 Å². The van der Waals surface area contributed by atoms with Crippen molar-refractivity contribution in [2.75, 3.05) is 4.90 Å². The monoisotopic (exact) mass is 325 g/mol. The molecule has 0 atom stereocenters. The summed E-state index contributed by atoms with van der Waals surface area (Å²) >= 11 is 0. The van der Waals surface area contributed by atoms with Gasteiger partial charge in [0.2, 0.25) is 5.91 Å². The van der Waals surface area contributed by atoms with E-state index in [1.165, 1.54) is 0 Å². The van der Waals surface area contributed by atoms with Crippen LogP contribution >= 0.6 is 0 Å². The first kappa shape index (κ1) is 16.9. The Morgan fingerprint density at radius 2 is 1.58 bits per heavy atom. The molecule has 1 heterocycles. The minimum absolute atomic E-state index is 0.00282. The Balaban J connectivity index is 2.18. The van der Waals surface area contributed by atoms with E-state index < -0.39 is 5.41 Å². The Morgan fingerprint density at radius 3 is 2.21 bits per heavy atom. The number of carbonyl (C=O) groups is 2. The van der Waals surface area contributed by atoms with Crippen LogP contribution in [0.25, 0.3) is 0 Å². The van der Waals surface area contributed by atoms with E-state index in [0.717, 1.165) is 55.5 Å². The topological polar surface area (TPSA) is 37.4 Å². The second-order valence-electron chi connectivity index (χ2n) is 7.02. The van der Waals surface area contributed by atoms with E-state index >= 15 is 0 Å². The van der Waals surface area contributed by atoms with Gasteiger partial charge in [-0.1, -0.05) is 44.9 Å². The Labute approximate surface area is 144 Å². The van der Waals surface area contributed by atoms with Crippen molar-refractivity contribution < 1.29 is 9.59 Å². The van der Waals surface area contributed by atoms with Crippen molar-refractivity contribution in [2.45, 2.75) is 65.2 Å². The van der Waals surface area contributed by atoms with Crippen LogP contribution in [-0.4, -0.2) is 11.7 Å². The van der Waals surface area contributed by atoms with Gasteiger partial charge in [-0.3, -0.25) is 14.5 Å². The number of anilines is 1. The van der Waals surface area contributed by atoms with Crippen molar-refractivity contribution in [1.82, 2.24) is 0 Å². The molecule has 24 heavy (non-hydrogen) atoms. The number of amides is 1. The first-order chi connectivity index (χ1) is 11.7. The first-order valence-corrected chi connectivity index (χ1v) is 9.32. The van der Waals surface area contributed by atoms with Crippen LogP contribution in [0.4, 0.5) is 5.69 Å². The summed E-state index contributed by atoms with van der Waals surface area (Å²) in [4.78, 5) is 28.8. The van der Waals surface area contributed by atoms with Gasteiger partial charge in [0.05, 0.1) is 0 Å². The molecule has 0 unspecified atom stereocenters. The van der Waals surface area contributed by atoms with Gasteiger partial charge in [0.15, 0.2) is 5.78 Å². The number of carbonyl (C=O) groups excluding carboxylic acids is 2. The lowest BCUT2D eigenvalue weighted by Gasteiger charge is -2.44. The second-order valence-corrected chi connectivity index (χ2v) is 7.02. The SMILES string of the molecule is CCCC1(CCC)C(=O)C2=C(CCCC2)N(c2ccccc2)C1=O. The van der Waals surface area contributed by atoms with Crippen LogP contribution in [0, 0.1) is 5.41 Å². The summed E-state index contributed by atoms with van der Waals surface area (Å²) < 4.78 is 0. The maximum Gasteiger partial charge on any atom is 0.245 e. The van der Waals surface area contributed by atoms with Gasteiger partial charge < -0.3 is 0 Å². The molecular formula is C21H27NO2. The third-order valence-electron chi connectivity index (χ3n) is 5.40. The molecule has 1 aliphatic heterocycles. The largest absolute Gasteiger partial charge is 0.293 e. The smallest absolute Gasteiger partial charge is 0.245 e. The fourth-order valence-corrected chi connectivity index (χ4v) is 4.37. The molecule has 0 bridgehead atoms. The van der Waals surface area contributed by atoms with E-state index in [1.54, 1.807) is 0 Å². The van der Waals surface area contributed by atoms with Gasteiger partial charge in [0.1, 0.15) is 5.41 Å². The maximum absolute atomic E-state index is 13.6. The molecule has 1 aliphatic carbocycles. The zero-order chi connectivity index (χ0) is 17.2. The molecule has 2 aliphatic rings. The number of ketones is 1. The van der Waals surface area contributed by atoms with Crippen molar-refractivity contribution in [2.24, 2.45) is 5.41 Å². The predicted octanol–water partition coefficient (Wildman–Crippen LogP) is 5.02. The standard InChI is InChI=1S/C21H27NO2/c1-3-14-21(15-4-2)19(23)17-12-8-9-13-18(17)22(20(21)24)16-10-6-5-7-11-16/h5-7,10-11H,3-4,8-9,12-15H2,1-2H3. The molecule has 0 N–H and O–H groups in total. The lowest BCUT2D eigenvalue weighted by molar-refractivity contribution is -0.140. The summed E-state index contributed by atoms with van der Waals surface area (Å²) in [5.74, 6) is 0.126. The summed E-state index contributed by atoms with van der Waals surface area (Å²) in [5, 5.41) is 0. The second kappa shape index (κ2) is 6.92. The van der Waals surface area contributed by atoms with Crippen LogP contribution in [0.1, 0.15) is 65.2 Å². The van der Waals surface area contributed by atoms with Gasteiger partial charge in [-0.2, -0.15) is 0 Å². The third-order valence-corrected chi connectivity index (χ3v) is 5.40. The number of Topliss-reactive ketones (excluding diaryl/α,β-unsaturated/α-hetero) is 1.